The lowest BCUT2D eigenvalue weighted by atomic mass is 9.91. The summed E-state index contributed by atoms with van der Waals surface area (Å²) >= 11 is 0. The fourth-order valence-corrected chi connectivity index (χ4v) is 2.94. The monoisotopic (exact) mass is 243 g/mol. The first-order valence-corrected chi connectivity index (χ1v) is 6.62. The molecule has 1 aromatic carbocycles. The van der Waals surface area contributed by atoms with Crippen LogP contribution in [0.3, 0.4) is 0 Å². The van der Waals surface area contributed by atoms with Gasteiger partial charge in [-0.2, -0.15) is 5.26 Å². The highest BCUT2D eigenvalue weighted by molar-refractivity contribution is 5.60. The molecule has 1 aliphatic rings. The quantitative estimate of drug-likeness (QED) is 0.868. The summed E-state index contributed by atoms with van der Waals surface area (Å²) in [6.45, 7) is 7.13. The topological polar surface area (TPSA) is 53.0 Å². The third-order valence-electron chi connectivity index (χ3n) is 3.63. The first-order chi connectivity index (χ1) is 8.63. The zero-order chi connectivity index (χ0) is 13.1. The Labute approximate surface area is 109 Å². The first-order valence-electron chi connectivity index (χ1n) is 6.62. The first kappa shape index (κ1) is 12.9. The van der Waals surface area contributed by atoms with Crippen molar-refractivity contribution in [2.45, 2.75) is 26.8 Å². The van der Waals surface area contributed by atoms with E-state index in [9.17, 15) is 5.26 Å². The molecule has 0 saturated carbocycles. The lowest BCUT2D eigenvalue weighted by Gasteiger charge is -2.37. The fourth-order valence-electron chi connectivity index (χ4n) is 2.94. The highest BCUT2D eigenvalue weighted by Crippen LogP contribution is 2.29. The Morgan fingerprint density at radius 1 is 1.33 bits per heavy atom. The molecule has 0 spiro atoms. The van der Waals surface area contributed by atoms with Crippen LogP contribution in [-0.2, 0) is 6.54 Å². The molecule has 1 aromatic rings. The van der Waals surface area contributed by atoms with Crippen molar-refractivity contribution >= 4 is 5.69 Å². The number of nitriles is 1. The van der Waals surface area contributed by atoms with E-state index >= 15 is 0 Å². The molecule has 2 unspecified atom stereocenters. The van der Waals surface area contributed by atoms with Gasteiger partial charge in [0.25, 0.3) is 0 Å². The Morgan fingerprint density at radius 2 is 2.00 bits per heavy atom. The summed E-state index contributed by atoms with van der Waals surface area (Å²) in [7, 11) is 0. The van der Waals surface area contributed by atoms with Crippen molar-refractivity contribution in [1.29, 1.82) is 5.26 Å². The van der Waals surface area contributed by atoms with Crippen molar-refractivity contribution in [1.82, 2.24) is 0 Å². The van der Waals surface area contributed by atoms with E-state index in [-0.39, 0.29) is 0 Å². The third-order valence-corrected chi connectivity index (χ3v) is 3.63. The van der Waals surface area contributed by atoms with E-state index in [4.69, 9.17) is 5.73 Å². The molecule has 1 saturated heterocycles. The van der Waals surface area contributed by atoms with Crippen molar-refractivity contribution < 1.29 is 0 Å². The smallest absolute Gasteiger partial charge is 0.101 e. The molecule has 3 heteroatoms. The van der Waals surface area contributed by atoms with Crippen LogP contribution in [0.5, 0.6) is 0 Å². The molecule has 3 nitrogen and oxygen atoms in total. The highest BCUT2D eigenvalue weighted by atomic mass is 15.1. The summed E-state index contributed by atoms with van der Waals surface area (Å²) in [5.74, 6) is 1.38. The van der Waals surface area contributed by atoms with Crippen LogP contribution in [0, 0.1) is 23.2 Å². The summed E-state index contributed by atoms with van der Waals surface area (Å²) in [5.41, 5.74) is 8.46. The van der Waals surface area contributed by atoms with Crippen molar-refractivity contribution in [3.8, 4) is 6.07 Å². The van der Waals surface area contributed by atoms with Crippen LogP contribution in [0.1, 0.15) is 31.4 Å². The van der Waals surface area contributed by atoms with Gasteiger partial charge in [0.1, 0.15) is 6.07 Å². The minimum Gasteiger partial charge on any atom is -0.370 e. The maximum absolute atomic E-state index is 9.28. The van der Waals surface area contributed by atoms with Crippen LogP contribution in [0.15, 0.2) is 18.2 Å². The Kier molecular flexibility index (Phi) is 3.88. The van der Waals surface area contributed by atoms with E-state index in [1.807, 2.05) is 18.2 Å². The van der Waals surface area contributed by atoms with Gasteiger partial charge in [-0.15, -0.1) is 0 Å². The second-order valence-electron chi connectivity index (χ2n) is 5.52. The maximum atomic E-state index is 9.28. The standard InChI is InChI=1S/C15H21N3/c1-11-5-12(2)10-18(9-11)15-4-3-13(7-16)6-14(15)8-17/h3-4,6,11-12H,5,7,9-10,16H2,1-2H3. The van der Waals surface area contributed by atoms with E-state index < -0.39 is 0 Å². The molecule has 1 aliphatic heterocycles. The molecule has 2 N–H and O–H groups in total. The van der Waals surface area contributed by atoms with Crippen molar-refractivity contribution in [2.24, 2.45) is 17.6 Å². The number of rotatable bonds is 2. The Bertz CT molecular complexity index is 451. The van der Waals surface area contributed by atoms with Crippen LogP contribution >= 0.6 is 0 Å². The zero-order valence-corrected chi connectivity index (χ0v) is 11.2. The highest BCUT2D eigenvalue weighted by Gasteiger charge is 2.23. The van der Waals surface area contributed by atoms with Crippen LogP contribution in [0.25, 0.3) is 0 Å². The number of hydrogen-bond donors (Lipinski definition) is 1. The van der Waals surface area contributed by atoms with Gasteiger partial charge in [-0.25, -0.2) is 0 Å². The van der Waals surface area contributed by atoms with Gasteiger partial charge in [0, 0.05) is 19.6 Å². The van der Waals surface area contributed by atoms with Gasteiger partial charge in [0.2, 0.25) is 0 Å². The molecule has 2 atom stereocenters. The SMILES string of the molecule is CC1CC(C)CN(c2ccc(CN)cc2C#N)C1. The predicted molar refractivity (Wildman–Crippen MR) is 74.2 cm³/mol. The van der Waals surface area contributed by atoms with Crippen LogP contribution < -0.4 is 10.6 Å². The van der Waals surface area contributed by atoms with Crippen LogP contribution in [0.2, 0.25) is 0 Å². The van der Waals surface area contributed by atoms with Gasteiger partial charge < -0.3 is 10.6 Å². The van der Waals surface area contributed by atoms with Gasteiger partial charge in [0.05, 0.1) is 11.3 Å². The van der Waals surface area contributed by atoms with E-state index in [0.717, 1.165) is 29.9 Å². The lowest BCUT2D eigenvalue weighted by Crippen LogP contribution is -2.39. The molecular formula is C15H21N3. The predicted octanol–water partition coefficient (Wildman–Crippen LogP) is 2.50. The second kappa shape index (κ2) is 5.41. The molecule has 1 fully saturated rings. The largest absolute Gasteiger partial charge is 0.370 e. The number of nitrogens with zero attached hydrogens (tertiary/aromatic N) is 2. The van der Waals surface area contributed by atoms with Crippen LogP contribution in [-0.4, -0.2) is 13.1 Å². The molecule has 18 heavy (non-hydrogen) atoms. The summed E-state index contributed by atoms with van der Waals surface area (Å²) < 4.78 is 0. The van der Waals surface area contributed by atoms with E-state index in [2.05, 4.69) is 24.8 Å². The number of hydrogen-bond acceptors (Lipinski definition) is 3. The number of piperidine rings is 1. The number of anilines is 1. The summed E-state index contributed by atoms with van der Waals surface area (Å²) in [4.78, 5) is 2.34. The van der Waals surface area contributed by atoms with Gasteiger partial charge in [-0.05, 0) is 36.0 Å². The van der Waals surface area contributed by atoms with E-state index in [1.54, 1.807) is 0 Å². The van der Waals surface area contributed by atoms with Gasteiger partial charge >= 0.3 is 0 Å². The molecule has 0 radical (unpaired) electrons. The second-order valence-corrected chi connectivity index (χ2v) is 5.52. The molecule has 0 amide bonds. The van der Waals surface area contributed by atoms with Crippen LogP contribution in [0.4, 0.5) is 5.69 Å². The summed E-state index contributed by atoms with van der Waals surface area (Å²) in [6.07, 6.45) is 1.28. The Morgan fingerprint density at radius 3 is 2.56 bits per heavy atom. The third kappa shape index (κ3) is 2.65. The van der Waals surface area contributed by atoms with E-state index in [0.29, 0.717) is 18.4 Å². The molecular weight excluding hydrogens is 222 g/mol. The molecule has 2 rings (SSSR count). The number of benzene rings is 1. The lowest BCUT2D eigenvalue weighted by molar-refractivity contribution is 0.357. The normalized spacial score (nSPS) is 23.8. The zero-order valence-electron chi connectivity index (χ0n) is 11.2. The van der Waals surface area contributed by atoms with Gasteiger partial charge in [-0.3, -0.25) is 0 Å². The molecule has 1 heterocycles. The molecule has 96 valence electrons. The number of nitrogens with two attached hydrogens (primary N) is 1. The Hall–Kier alpha value is -1.53. The van der Waals surface area contributed by atoms with Crippen molar-refractivity contribution in [3.63, 3.8) is 0 Å². The van der Waals surface area contributed by atoms with Gasteiger partial charge in [-0.1, -0.05) is 19.9 Å². The summed E-state index contributed by atoms with van der Waals surface area (Å²) in [6, 6.07) is 8.29. The van der Waals surface area contributed by atoms with Crippen molar-refractivity contribution in [2.75, 3.05) is 18.0 Å². The fraction of sp³-hybridized carbons (Fsp3) is 0.533. The average Bonchev–Trinajstić information content (AvgIpc) is 2.36. The maximum Gasteiger partial charge on any atom is 0.101 e. The van der Waals surface area contributed by atoms with Crippen molar-refractivity contribution in [3.05, 3.63) is 29.3 Å². The molecule has 0 aromatic heterocycles. The van der Waals surface area contributed by atoms with Gasteiger partial charge in [0.15, 0.2) is 0 Å². The molecule has 0 bridgehead atoms. The average molecular weight is 243 g/mol. The molecule has 0 aliphatic carbocycles. The minimum atomic E-state index is 0.488. The minimum absolute atomic E-state index is 0.488. The summed E-state index contributed by atoms with van der Waals surface area (Å²) in [5, 5.41) is 9.28. The van der Waals surface area contributed by atoms with E-state index in [1.165, 1.54) is 6.42 Å². The Balaban J connectivity index is 2.30.